The van der Waals surface area contributed by atoms with E-state index in [1.54, 1.807) is 0 Å². The van der Waals surface area contributed by atoms with Crippen molar-refractivity contribution < 1.29 is 4.79 Å². The fourth-order valence-corrected chi connectivity index (χ4v) is 2.98. The summed E-state index contributed by atoms with van der Waals surface area (Å²) in [4.78, 5) is 14.4. The van der Waals surface area contributed by atoms with E-state index >= 15 is 0 Å². The van der Waals surface area contributed by atoms with Gasteiger partial charge in [0.2, 0.25) is 5.91 Å². The first-order valence-corrected chi connectivity index (χ1v) is 7.58. The quantitative estimate of drug-likeness (QED) is 0.904. The van der Waals surface area contributed by atoms with Crippen molar-refractivity contribution >= 4 is 18.3 Å². The lowest BCUT2D eigenvalue weighted by molar-refractivity contribution is -0.138. The fourth-order valence-electron chi connectivity index (χ4n) is 2.98. The molecule has 1 atom stereocenters. The van der Waals surface area contributed by atoms with Crippen LogP contribution in [-0.2, 0) is 11.3 Å². The molecule has 1 aliphatic rings. The van der Waals surface area contributed by atoms with Gasteiger partial charge in [0.05, 0.1) is 5.54 Å². The van der Waals surface area contributed by atoms with E-state index in [1.807, 2.05) is 35.0 Å². The van der Waals surface area contributed by atoms with E-state index in [9.17, 15) is 4.79 Å². The lowest BCUT2D eigenvalue weighted by Gasteiger charge is -2.36. The molecular formula is C15H27ClN4O. The zero-order valence-electron chi connectivity index (χ0n) is 13.0. The van der Waals surface area contributed by atoms with Gasteiger partial charge in [-0.25, -0.2) is 0 Å². The Morgan fingerprint density at radius 2 is 2.10 bits per heavy atom. The van der Waals surface area contributed by atoms with Crippen LogP contribution in [0.1, 0.15) is 39.5 Å². The van der Waals surface area contributed by atoms with Gasteiger partial charge in [-0.2, -0.15) is 5.10 Å². The molecule has 1 aliphatic heterocycles. The molecule has 0 aromatic carbocycles. The average molecular weight is 315 g/mol. The number of carbonyl (C=O) groups excluding carboxylic acids is 1. The molecule has 120 valence electrons. The molecule has 2 rings (SSSR count). The minimum Gasteiger partial charge on any atom is -0.341 e. The number of likely N-dealkylation sites (tertiary alicyclic amines) is 1. The molecule has 5 nitrogen and oxygen atoms in total. The van der Waals surface area contributed by atoms with Crippen molar-refractivity contribution in [3.05, 3.63) is 18.5 Å². The van der Waals surface area contributed by atoms with Crippen molar-refractivity contribution in [3.63, 3.8) is 0 Å². The zero-order valence-corrected chi connectivity index (χ0v) is 13.8. The van der Waals surface area contributed by atoms with Crippen LogP contribution in [0.15, 0.2) is 18.5 Å². The third-order valence-electron chi connectivity index (χ3n) is 4.16. The van der Waals surface area contributed by atoms with Gasteiger partial charge in [-0.1, -0.05) is 13.3 Å². The Labute approximate surface area is 133 Å². The molecule has 0 radical (unpaired) electrons. The summed E-state index contributed by atoms with van der Waals surface area (Å²) in [5.41, 5.74) is 5.44. The second-order valence-corrected chi connectivity index (χ2v) is 6.13. The molecule has 1 amide bonds. The molecule has 6 heteroatoms. The van der Waals surface area contributed by atoms with Crippen molar-refractivity contribution in [2.75, 3.05) is 13.1 Å². The summed E-state index contributed by atoms with van der Waals surface area (Å²) in [5, 5.41) is 4.24. The van der Waals surface area contributed by atoms with Gasteiger partial charge in [-0.3, -0.25) is 9.48 Å². The molecule has 1 saturated heterocycles. The minimum absolute atomic E-state index is 0. The van der Waals surface area contributed by atoms with Gasteiger partial charge in [0.25, 0.3) is 0 Å². The van der Waals surface area contributed by atoms with Gasteiger partial charge in [0, 0.05) is 32.0 Å². The Morgan fingerprint density at radius 3 is 2.62 bits per heavy atom. The number of hydrogen-bond donors (Lipinski definition) is 1. The van der Waals surface area contributed by atoms with Crippen molar-refractivity contribution in [3.8, 4) is 0 Å². The largest absolute Gasteiger partial charge is 0.341 e. The topological polar surface area (TPSA) is 64.2 Å². The number of rotatable bonds is 5. The second-order valence-electron chi connectivity index (χ2n) is 6.13. The lowest BCUT2D eigenvalue weighted by Crippen LogP contribution is -2.55. The van der Waals surface area contributed by atoms with Crippen LogP contribution >= 0.6 is 12.4 Å². The van der Waals surface area contributed by atoms with Crippen LogP contribution in [0.3, 0.4) is 0 Å². The van der Waals surface area contributed by atoms with Crippen LogP contribution in [0, 0.1) is 5.92 Å². The first-order valence-electron chi connectivity index (χ1n) is 7.58. The Hall–Kier alpha value is -1.07. The smallest absolute Gasteiger partial charge is 0.242 e. The van der Waals surface area contributed by atoms with Gasteiger partial charge in [0.1, 0.15) is 0 Å². The predicted octanol–water partition coefficient (Wildman–Crippen LogP) is 2.06. The molecule has 0 saturated carbocycles. The SMILES string of the molecule is CCCC(C)(N)C(=O)N1CCC(Cn2cccn2)CC1.Cl. The van der Waals surface area contributed by atoms with Gasteiger partial charge in [-0.05, 0) is 38.2 Å². The molecule has 1 unspecified atom stereocenters. The summed E-state index contributed by atoms with van der Waals surface area (Å²) in [6.07, 6.45) is 7.56. The first kappa shape index (κ1) is 18.0. The van der Waals surface area contributed by atoms with Crippen LogP contribution in [0.2, 0.25) is 0 Å². The van der Waals surface area contributed by atoms with Gasteiger partial charge in [-0.15, -0.1) is 12.4 Å². The highest BCUT2D eigenvalue weighted by Crippen LogP contribution is 2.22. The van der Waals surface area contributed by atoms with Gasteiger partial charge in [0.15, 0.2) is 0 Å². The van der Waals surface area contributed by atoms with Crippen LogP contribution < -0.4 is 5.73 Å². The molecule has 2 N–H and O–H groups in total. The van der Waals surface area contributed by atoms with Crippen molar-refractivity contribution in [2.45, 2.75) is 51.6 Å². The first-order chi connectivity index (χ1) is 9.53. The predicted molar refractivity (Wildman–Crippen MR) is 86.3 cm³/mol. The van der Waals surface area contributed by atoms with Crippen molar-refractivity contribution in [1.29, 1.82) is 0 Å². The lowest BCUT2D eigenvalue weighted by atomic mass is 9.92. The molecule has 2 heterocycles. The monoisotopic (exact) mass is 314 g/mol. The maximum Gasteiger partial charge on any atom is 0.242 e. The van der Waals surface area contributed by atoms with E-state index in [0.29, 0.717) is 5.92 Å². The van der Waals surface area contributed by atoms with E-state index in [0.717, 1.165) is 45.3 Å². The molecule has 1 fully saturated rings. The Kier molecular flexibility index (Phi) is 6.68. The summed E-state index contributed by atoms with van der Waals surface area (Å²) in [5.74, 6) is 0.714. The molecule has 0 aliphatic carbocycles. The van der Waals surface area contributed by atoms with E-state index in [4.69, 9.17) is 5.73 Å². The Balaban J connectivity index is 0.00000220. The third kappa shape index (κ3) is 4.71. The van der Waals surface area contributed by atoms with Crippen LogP contribution in [-0.4, -0.2) is 39.2 Å². The molecule has 1 aromatic rings. The second kappa shape index (κ2) is 7.80. The highest BCUT2D eigenvalue weighted by molar-refractivity contribution is 5.86. The average Bonchev–Trinajstić information content (AvgIpc) is 2.91. The normalized spacial score (nSPS) is 18.9. The van der Waals surface area contributed by atoms with Crippen LogP contribution in [0.4, 0.5) is 0 Å². The van der Waals surface area contributed by atoms with E-state index in [2.05, 4.69) is 12.0 Å². The number of nitrogens with zero attached hydrogens (tertiary/aromatic N) is 3. The van der Waals surface area contributed by atoms with Crippen LogP contribution in [0.25, 0.3) is 0 Å². The summed E-state index contributed by atoms with van der Waals surface area (Å²) < 4.78 is 1.98. The van der Waals surface area contributed by atoms with Gasteiger partial charge >= 0.3 is 0 Å². The molecule has 21 heavy (non-hydrogen) atoms. The fraction of sp³-hybridized carbons (Fsp3) is 0.733. The van der Waals surface area contributed by atoms with Crippen molar-refractivity contribution in [1.82, 2.24) is 14.7 Å². The van der Waals surface area contributed by atoms with E-state index in [1.165, 1.54) is 0 Å². The number of hydrogen-bond acceptors (Lipinski definition) is 3. The number of aromatic nitrogens is 2. The van der Waals surface area contributed by atoms with Gasteiger partial charge < -0.3 is 10.6 Å². The van der Waals surface area contributed by atoms with E-state index in [-0.39, 0.29) is 18.3 Å². The van der Waals surface area contributed by atoms with E-state index < -0.39 is 5.54 Å². The Morgan fingerprint density at radius 1 is 1.43 bits per heavy atom. The minimum atomic E-state index is -0.705. The summed E-state index contributed by atoms with van der Waals surface area (Å²) in [7, 11) is 0. The summed E-state index contributed by atoms with van der Waals surface area (Å²) in [6, 6.07) is 1.95. The molecule has 0 spiro atoms. The summed E-state index contributed by atoms with van der Waals surface area (Å²) in [6.45, 7) is 6.51. The number of piperidine rings is 1. The zero-order chi connectivity index (χ0) is 14.6. The Bertz CT molecular complexity index is 425. The maximum absolute atomic E-state index is 12.4. The summed E-state index contributed by atoms with van der Waals surface area (Å²) >= 11 is 0. The third-order valence-corrected chi connectivity index (χ3v) is 4.16. The molecular weight excluding hydrogens is 288 g/mol. The number of carbonyl (C=O) groups is 1. The highest BCUT2D eigenvalue weighted by atomic mass is 35.5. The molecule has 1 aromatic heterocycles. The highest BCUT2D eigenvalue weighted by Gasteiger charge is 2.33. The van der Waals surface area contributed by atoms with Crippen molar-refractivity contribution in [2.24, 2.45) is 11.7 Å². The number of halogens is 1. The number of nitrogens with two attached hydrogens (primary N) is 1. The molecule has 0 bridgehead atoms. The number of amides is 1. The standard InChI is InChI=1S/C15H26N4O.ClH/c1-3-7-15(2,16)14(20)18-10-5-13(6-11-18)12-19-9-4-8-17-19;/h4,8-9,13H,3,5-7,10-12,16H2,1-2H3;1H. The maximum atomic E-state index is 12.4. The van der Waals surface area contributed by atoms with Crippen LogP contribution in [0.5, 0.6) is 0 Å².